The highest BCUT2D eigenvalue weighted by Gasteiger charge is 2.32. The lowest BCUT2D eigenvalue weighted by atomic mass is 9.99. The Morgan fingerprint density at radius 2 is 2.27 bits per heavy atom. The third-order valence-corrected chi connectivity index (χ3v) is 7.08. The van der Waals surface area contributed by atoms with E-state index in [-0.39, 0.29) is 11.8 Å². The molecule has 2 amide bonds. The van der Waals surface area contributed by atoms with E-state index in [1.54, 1.807) is 16.2 Å². The lowest BCUT2D eigenvalue weighted by Crippen LogP contribution is -2.43. The Labute approximate surface area is 168 Å². The van der Waals surface area contributed by atoms with Crippen LogP contribution in [0, 0.1) is 0 Å². The van der Waals surface area contributed by atoms with Crippen molar-refractivity contribution in [3.63, 3.8) is 0 Å². The minimum absolute atomic E-state index is 0.0368. The molecule has 1 aromatic heterocycles. The van der Waals surface area contributed by atoms with Crippen LogP contribution < -0.4 is 0 Å². The quantitative estimate of drug-likeness (QED) is 0.513. The Morgan fingerprint density at radius 1 is 1.42 bits per heavy atom. The SMILES string of the molecule is CCC1CCCCN1C(=O)CCCN1C(=O)/C(=C/c2cccs2)SC1=S. The van der Waals surface area contributed by atoms with Gasteiger partial charge in [-0.3, -0.25) is 14.5 Å². The molecule has 1 unspecified atom stereocenters. The number of nitrogens with zero attached hydrogens (tertiary/aromatic N) is 2. The number of thiophene rings is 1. The maximum absolute atomic E-state index is 12.6. The van der Waals surface area contributed by atoms with Crippen LogP contribution in [0.5, 0.6) is 0 Å². The minimum Gasteiger partial charge on any atom is -0.340 e. The zero-order chi connectivity index (χ0) is 18.5. The normalized spacial score (nSPS) is 22.5. The summed E-state index contributed by atoms with van der Waals surface area (Å²) in [7, 11) is 0. The van der Waals surface area contributed by atoms with Gasteiger partial charge in [0.2, 0.25) is 5.91 Å². The highest BCUT2D eigenvalue weighted by Crippen LogP contribution is 2.33. The van der Waals surface area contributed by atoms with Gasteiger partial charge in [-0.25, -0.2) is 0 Å². The summed E-state index contributed by atoms with van der Waals surface area (Å²) < 4.78 is 0.592. The Morgan fingerprint density at radius 3 is 3.00 bits per heavy atom. The first-order valence-electron chi connectivity index (χ1n) is 9.18. The molecule has 26 heavy (non-hydrogen) atoms. The van der Waals surface area contributed by atoms with Crippen molar-refractivity contribution in [2.75, 3.05) is 13.1 Å². The second-order valence-corrected chi connectivity index (χ2v) is 9.25. The van der Waals surface area contributed by atoms with Gasteiger partial charge in [0, 0.05) is 30.4 Å². The fourth-order valence-electron chi connectivity index (χ4n) is 3.48. The number of hydrogen-bond donors (Lipinski definition) is 0. The molecule has 2 fully saturated rings. The zero-order valence-electron chi connectivity index (χ0n) is 15.0. The van der Waals surface area contributed by atoms with Gasteiger partial charge in [-0.2, -0.15) is 0 Å². The first-order chi connectivity index (χ1) is 12.6. The Balaban J connectivity index is 1.52. The van der Waals surface area contributed by atoms with Gasteiger partial charge >= 0.3 is 0 Å². The smallest absolute Gasteiger partial charge is 0.266 e. The molecule has 0 radical (unpaired) electrons. The molecule has 0 aromatic carbocycles. The van der Waals surface area contributed by atoms with E-state index in [0.717, 1.165) is 30.7 Å². The highest BCUT2D eigenvalue weighted by molar-refractivity contribution is 8.26. The molecule has 0 N–H and O–H groups in total. The molecule has 4 nitrogen and oxygen atoms in total. The van der Waals surface area contributed by atoms with Crippen LogP contribution in [0.1, 0.15) is 50.3 Å². The highest BCUT2D eigenvalue weighted by atomic mass is 32.2. The molecule has 0 aliphatic carbocycles. The number of thiocarbonyl (C=S) groups is 1. The second-order valence-electron chi connectivity index (χ2n) is 6.60. The van der Waals surface area contributed by atoms with Crippen molar-refractivity contribution in [1.29, 1.82) is 0 Å². The van der Waals surface area contributed by atoms with Crippen molar-refractivity contribution in [2.45, 2.75) is 51.5 Å². The van der Waals surface area contributed by atoms with Crippen LogP contribution in [-0.4, -0.2) is 45.1 Å². The number of carbonyl (C=O) groups is 2. The van der Waals surface area contributed by atoms with Crippen LogP contribution >= 0.6 is 35.3 Å². The van der Waals surface area contributed by atoms with Gasteiger partial charge in [-0.15, -0.1) is 11.3 Å². The van der Waals surface area contributed by atoms with Crippen LogP contribution in [0.2, 0.25) is 0 Å². The number of amides is 2. The van der Waals surface area contributed by atoms with E-state index in [9.17, 15) is 9.59 Å². The standard InChI is InChI=1S/C19H24N2O2S3/c1-2-14-7-3-4-10-20(14)17(22)9-5-11-21-18(23)16(26-19(21)24)13-15-8-6-12-25-15/h6,8,12-14H,2-5,7,9-11H2,1H3/b16-13-. The zero-order valence-corrected chi connectivity index (χ0v) is 17.4. The van der Waals surface area contributed by atoms with E-state index >= 15 is 0 Å². The summed E-state index contributed by atoms with van der Waals surface area (Å²) in [5.74, 6) is 0.182. The minimum atomic E-state index is -0.0368. The van der Waals surface area contributed by atoms with Gasteiger partial charge in [0.1, 0.15) is 4.32 Å². The maximum atomic E-state index is 12.6. The summed E-state index contributed by atoms with van der Waals surface area (Å²) in [6.07, 6.45) is 7.50. The van der Waals surface area contributed by atoms with Crippen molar-refractivity contribution in [1.82, 2.24) is 9.80 Å². The number of piperidine rings is 1. The molecule has 0 spiro atoms. The molecule has 0 saturated carbocycles. The summed E-state index contributed by atoms with van der Waals surface area (Å²) >= 11 is 8.32. The van der Waals surface area contributed by atoms with Crippen molar-refractivity contribution in [2.24, 2.45) is 0 Å². The molecular formula is C19H24N2O2S3. The molecule has 2 saturated heterocycles. The van der Waals surface area contributed by atoms with Crippen LogP contribution in [0.3, 0.4) is 0 Å². The van der Waals surface area contributed by atoms with Gasteiger partial charge in [-0.05, 0) is 49.6 Å². The lowest BCUT2D eigenvalue weighted by Gasteiger charge is -2.35. The van der Waals surface area contributed by atoms with Crippen molar-refractivity contribution in [3.8, 4) is 0 Å². The Hall–Kier alpha value is -1.18. The summed E-state index contributed by atoms with van der Waals surface area (Å²) in [4.78, 5) is 30.5. The summed E-state index contributed by atoms with van der Waals surface area (Å²) in [6.45, 7) is 3.54. The molecule has 1 atom stereocenters. The van der Waals surface area contributed by atoms with Gasteiger partial charge in [-0.1, -0.05) is 37.0 Å². The molecule has 1 aromatic rings. The van der Waals surface area contributed by atoms with E-state index in [1.807, 2.05) is 28.5 Å². The fourth-order valence-corrected chi connectivity index (χ4v) is 5.51. The van der Waals surface area contributed by atoms with Gasteiger partial charge in [0.05, 0.1) is 4.91 Å². The molecule has 3 rings (SSSR count). The molecule has 2 aliphatic rings. The number of rotatable bonds is 6. The van der Waals surface area contributed by atoms with Gasteiger partial charge in [0.15, 0.2) is 0 Å². The van der Waals surface area contributed by atoms with Crippen LogP contribution in [-0.2, 0) is 9.59 Å². The maximum Gasteiger partial charge on any atom is 0.266 e. The summed E-state index contributed by atoms with van der Waals surface area (Å²) in [5.41, 5.74) is 0. The first-order valence-corrected chi connectivity index (χ1v) is 11.3. The van der Waals surface area contributed by atoms with E-state index in [4.69, 9.17) is 12.2 Å². The molecule has 7 heteroatoms. The largest absolute Gasteiger partial charge is 0.340 e. The predicted octanol–water partition coefficient (Wildman–Crippen LogP) is 4.52. The topological polar surface area (TPSA) is 40.6 Å². The Bertz CT molecular complexity index is 700. The molecule has 140 valence electrons. The second kappa shape index (κ2) is 9.15. The first kappa shape index (κ1) is 19.6. The van der Waals surface area contributed by atoms with E-state index in [2.05, 4.69) is 6.92 Å². The fraction of sp³-hybridized carbons (Fsp3) is 0.526. The molecular weight excluding hydrogens is 384 g/mol. The number of thioether (sulfide) groups is 1. The van der Waals surface area contributed by atoms with Crippen LogP contribution in [0.25, 0.3) is 6.08 Å². The average Bonchev–Trinajstić information content (AvgIpc) is 3.25. The number of likely N-dealkylation sites (tertiary alicyclic amines) is 1. The molecule has 3 heterocycles. The van der Waals surface area contributed by atoms with Crippen LogP contribution in [0.15, 0.2) is 22.4 Å². The Kier molecular flexibility index (Phi) is 6.89. The third-order valence-electron chi connectivity index (χ3n) is 4.88. The van der Waals surface area contributed by atoms with Crippen LogP contribution in [0.4, 0.5) is 0 Å². The average molecular weight is 409 g/mol. The van der Waals surface area contributed by atoms with E-state index in [0.29, 0.717) is 34.7 Å². The van der Waals surface area contributed by atoms with Crippen molar-refractivity contribution in [3.05, 3.63) is 27.3 Å². The van der Waals surface area contributed by atoms with Gasteiger partial charge in [0.25, 0.3) is 5.91 Å². The summed E-state index contributed by atoms with van der Waals surface area (Å²) in [5, 5.41) is 1.99. The van der Waals surface area contributed by atoms with E-state index < -0.39 is 0 Å². The predicted molar refractivity (Wildman–Crippen MR) is 113 cm³/mol. The molecule has 0 bridgehead atoms. The number of carbonyl (C=O) groups excluding carboxylic acids is 2. The summed E-state index contributed by atoms with van der Waals surface area (Å²) in [6, 6.07) is 4.34. The van der Waals surface area contributed by atoms with Crippen molar-refractivity contribution >= 4 is 57.5 Å². The van der Waals surface area contributed by atoms with Gasteiger partial charge < -0.3 is 4.90 Å². The number of hydrogen-bond acceptors (Lipinski definition) is 5. The molecule has 2 aliphatic heterocycles. The van der Waals surface area contributed by atoms with E-state index in [1.165, 1.54) is 18.2 Å². The van der Waals surface area contributed by atoms with Crippen molar-refractivity contribution < 1.29 is 9.59 Å². The third kappa shape index (κ3) is 4.56. The lowest BCUT2D eigenvalue weighted by molar-refractivity contribution is -0.135. The monoisotopic (exact) mass is 408 g/mol.